The predicted molar refractivity (Wildman–Crippen MR) is 70.9 cm³/mol. The van der Waals surface area contributed by atoms with Gasteiger partial charge in [-0.2, -0.15) is 0 Å². The summed E-state index contributed by atoms with van der Waals surface area (Å²) in [6, 6.07) is 8.40. The number of hydrogen-bond acceptors (Lipinski definition) is 3. The van der Waals surface area contributed by atoms with Crippen molar-refractivity contribution in [3.63, 3.8) is 0 Å². The molecule has 0 radical (unpaired) electrons. The van der Waals surface area contributed by atoms with Gasteiger partial charge in [-0.3, -0.25) is 0 Å². The van der Waals surface area contributed by atoms with E-state index in [4.69, 9.17) is 4.74 Å². The summed E-state index contributed by atoms with van der Waals surface area (Å²) in [6.07, 6.45) is 0.236. The second kappa shape index (κ2) is 5.96. The maximum Gasteiger partial charge on any atom is 0.0806 e. The molecule has 3 unspecified atom stereocenters. The SMILES string of the molecule is CC1COCC(CC(O)c2cccc(Br)c2)N1. The van der Waals surface area contributed by atoms with Gasteiger partial charge in [0, 0.05) is 16.6 Å². The molecule has 4 heteroatoms. The highest BCUT2D eigenvalue weighted by Crippen LogP contribution is 2.22. The van der Waals surface area contributed by atoms with Crippen LogP contribution in [0.1, 0.15) is 25.0 Å². The quantitative estimate of drug-likeness (QED) is 0.899. The van der Waals surface area contributed by atoms with Crippen LogP contribution in [0.5, 0.6) is 0 Å². The van der Waals surface area contributed by atoms with Crippen LogP contribution in [0.25, 0.3) is 0 Å². The number of aliphatic hydroxyl groups is 1. The number of ether oxygens (including phenoxy) is 1. The van der Waals surface area contributed by atoms with Gasteiger partial charge in [0.05, 0.1) is 19.3 Å². The molecular formula is C13H18BrNO2. The largest absolute Gasteiger partial charge is 0.388 e. The summed E-state index contributed by atoms with van der Waals surface area (Å²) in [6.45, 7) is 3.52. The number of benzene rings is 1. The third-order valence-corrected chi connectivity index (χ3v) is 3.44. The van der Waals surface area contributed by atoms with Gasteiger partial charge < -0.3 is 15.2 Å². The maximum atomic E-state index is 10.2. The van der Waals surface area contributed by atoms with Gasteiger partial charge in [0.25, 0.3) is 0 Å². The summed E-state index contributed by atoms with van der Waals surface area (Å²) in [5.41, 5.74) is 0.944. The Morgan fingerprint density at radius 2 is 2.35 bits per heavy atom. The third-order valence-electron chi connectivity index (χ3n) is 2.95. The average Bonchev–Trinajstić information content (AvgIpc) is 2.29. The van der Waals surface area contributed by atoms with Crippen LogP contribution < -0.4 is 5.32 Å². The number of halogens is 1. The van der Waals surface area contributed by atoms with E-state index in [9.17, 15) is 5.11 Å². The normalized spacial score (nSPS) is 26.8. The fourth-order valence-electron chi connectivity index (χ4n) is 2.14. The highest BCUT2D eigenvalue weighted by atomic mass is 79.9. The molecule has 0 bridgehead atoms. The molecule has 0 saturated carbocycles. The molecule has 1 saturated heterocycles. The van der Waals surface area contributed by atoms with Crippen LogP contribution in [-0.2, 0) is 4.74 Å². The zero-order valence-corrected chi connectivity index (χ0v) is 11.5. The fourth-order valence-corrected chi connectivity index (χ4v) is 2.56. The lowest BCUT2D eigenvalue weighted by Crippen LogP contribution is -2.47. The Kier molecular flexibility index (Phi) is 4.56. The lowest BCUT2D eigenvalue weighted by Gasteiger charge is -2.30. The summed E-state index contributed by atoms with van der Waals surface area (Å²) in [5.74, 6) is 0. The van der Waals surface area contributed by atoms with Gasteiger partial charge in [0.2, 0.25) is 0 Å². The van der Waals surface area contributed by atoms with E-state index in [2.05, 4.69) is 28.2 Å². The molecule has 0 aliphatic carbocycles. The number of hydrogen-bond donors (Lipinski definition) is 2. The standard InChI is InChI=1S/C13H18BrNO2/c1-9-7-17-8-12(15-9)6-13(16)10-3-2-4-11(14)5-10/h2-5,9,12-13,15-16H,6-8H2,1H3. The van der Waals surface area contributed by atoms with E-state index in [1.165, 1.54) is 0 Å². The first-order chi connectivity index (χ1) is 8.15. The van der Waals surface area contributed by atoms with Crippen molar-refractivity contribution in [1.29, 1.82) is 0 Å². The Bertz CT molecular complexity index is 372. The summed E-state index contributed by atoms with van der Waals surface area (Å²) >= 11 is 3.41. The minimum Gasteiger partial charge on any atom is -0.388 e. The number of nitrogens with one attached hydrogen (secondary N) is 1. The molecule has 1 fully saturated rings. The molecule has 1 aliphatic rings. The number of morpholine rings is 1. The fraction of sp³-hybridized carbons (Fsp3) is 0.538. The van der Waals surface area contributed by atoms with E-state index in [-0.39, 0.29) is 6.04 Å². The van der Waals surface area contributed by atoms with E-state index in [1.807, 2.05) is 24.3 Å². The van der Waals surface area contributed by atoms with Crippen LogP contribution in [0.3, 0.4) is 0 Å². The Morgan fingerprint density at radius 3 is 3.06 bits per heavy atom. The second-order valence-corrected chi connectivity index (χ2v) is 5.52. The molecule has 1 aromatic rings. The van der Waals surface area contributed by atoms with Crippen LogP contribution in [0.15, 0.2) is 28.7 Å². The van der Waals surface area contributed by atoms with Crippen LogP contribution in [0.4, 0.5) is 0 Å². The molecule has 2 N–H and O–H groups in total. The smallest absolute Gasteiger partial charge is 0.0806 e. The minimum absolute atomic E-state index is 0.229. The van der Waals surface area contributed by atoms with Crippen molar-refractivity contribution in [3.05, 3.63) is 34.3 Å². The highest BCUT2D eigenvalue weighted by molar-refractivity contribution is 9.10. The predicted octanol–water partition coefficient (Wildman–Crippen LogP) is 2.25. The first-order valence-corrected chi connectivity index (χ1v) is 6.72. The molecular weight excluding hydrogens is 282 g/mol. The van der Waals surface area contributed by atoms with Gasteiger partial charge in [-0.05, 0) is 31.0 Å². The molecule has 17 heavy (non-hydrogen) atoms. The third kappa shape index (κ3) is 3.78. The summed E-state index contributed by atoms with van der Waals surface area (Å²) < 4.78 is 6.47. The summed E-state index contributed by atoms with van der Waals surface area (Å²) in [5, 5.41) is 13.6. The number of aliphatic hydroxyl groups excluding tert-OH is 1. The average molecular weight is 300 g/mol. The van der Waals surface area contributed by atoms with Gasteiger partial charge in [-0.25, -0.2) is 0 Å². The lowest BCUT2D eigenvalue weighted by atomic mass is 10.0. The monoisotopic (exact) mass is 299 g/mol. The van der Waals surface area contributed by atoms with Crippen molar-refractivity contribution in [2.24, 2.45) is 0 Å². The van der Waals surface area contributed by atoms with Crippen LogP contribution in [-0.4, -0.2) is 30.4 Å². The lowest BCUT2D eigenvalue weighted by molar-refractivity contribution is 0.0304. The van der Waals surface area contributed by atoms with E-state index in [0.717, 1.165) is 16.6 Å². The molecule has 1 aliphatic heterocycles. The maximum absolute atomic E-state index is 10.2. The van der Waals surface area contributed by atoms with Gasteiger partial charge in [0.15, 0.2) is 0 Å². The van der Waals surface area contributed by atoms with Gasteiger partial charge >= 0.3 is 0 Å². The molecule has 94 valence electrons. The van der Waals surface area contributed by atoms with E-state index in [0.29, 0.717) is 19.1 Å². The molecule has 0 spiro atoms. The van der Waals surface area contributed by atoms with Crippen molar-refractivity contribution < 1.29 is 9.84 Å². The summed E-state index contributed by atoms with van der Waals surface area (Å²) in [4.78, 5) is 0. The number of rotatable bonds is 3. The van der Waals surface area contributed by atoms with Crippen molar-refractivity contribution >= 4 is 15.9 Å². The van der Waals surface area contributed by atoms with E-state index < -0.39 is 6.10 Å². The Hall–Kier alpha value is -0.420. The van der Waals surface area contributed by atoms with E-state index >= 15 is 0 Å². The molecule has 0 aromatic heterocycles. The second-order valence-electron chi connectivity index (χ2n) is 4.61. The Morgan fingerprint density at radius 1 is 1.53 bits per heavy atom. The topological polar surface area (TPSA) is 41.5 Å². The van der Waals surface area contributed by atoms with Crippen molar-refractivity contribution in [2.75, 3.05) is 13.2 Å². The highest BCUT2D eigenvalue weighted by Gasteiger charge is 2.21. The van der Waals surface area contributed by atoms with Crippen LogP contribution >= 0.6 is 15.9 Å². The van der Waals surface area contributed by atoms with E-state index in [1.54, 1.807) is 0 Å². The first-order valence-electron chi connectivity index (χ1n) is 5.92. The van der Waals surface area contributed by atoms with Crippen LogP contribution in [0.2, 0.25) is 0 Å². The van der Waals surface area contributed by atoms with Gasteiger partial charge in [-0.15, -0.1) is 0 Å². The molecule has 0 amide bonds. The zero-order valence-electron chi connectivity index (χ0n) is 9.90. The minimum atomic E-state index is -0.445. The zero-order chi connectivity index (χ0) is 12.3. The first kappa shape index (κ1) is 13.0. The Balaban J connectivity index is 1.94. The van der Waals surface area contributed by atoms with Gasteiger partial charge in [0.1, 0.15) is 0 Å². The molecule has 1 heterocycles. The molecule has 3 nitrogen and oxygen atoms in total. The Labute approximate surface area is 110 Å². The van der Waals surface area contributed by atoms with Crippen molar-refractivity contribution in [1.82, 2.24) is 5.32 Å². The van der Waals surface area contributed by atoms with Crippen molar-refractivity contribution in [3.8, 4) is 0 Å². The van der Waals surface area contributed by atoms with Crippen molar-refractivity contribution in [2.45, 2.75) is 31.5 Å². The van der Waals surface area contributed by atoms with Crippen LogP contribution in [0, 0.1) is 0 Å². The molecule has 1 aromatic carbocycles. The summed E-state index contributed by atoms with van der Waals surface area (Å²) in [7, 11) is 0. The van der Waals surface area contributed by atoms with Gasteiger partial charge in [-0.1, -0.05) is 28.1 Å². The molecule has 3 atom stereocenters. The molecule has 2 rings (SSSR count).